The second-order valence-corrected chi connectivity index (χ2v) is 6.03. The van der Waals surface area contributed by atoms with Crippen LogP contribution in [0.2, 0.25) is 0 Å². The molecule has 29 heavy (non-hydrogen) atoms. The molecule has 0 fully saturated rings. The molecule has 2 aromatic carbocycles. The summed E-state index contributed by atoms with van der Waals surface area (Å²) in [4.78, 5) is 33.6. The summed E-state index contributed by atoms with van der Waals surface area (Å²) in [5, 5.41) is 24.8. The molecule has 154 valence electrons. The predicted octanol–water partition coefficient (Wildman–Crippen LogP) is 4.33. The van der Waals surface area contributed by atoms with E-state index in [1.54, 1.807) is 0 Å². The van der Waals surface area contributed by atoms with Gasteiger partial charge in [0.15, 0.2) is 11.5 Å². The highest BCUT2D eigenvalue weighted by Crippen LogP contribution is 2.38. The van der Waals surface area contributed by atoms with Crippen molar-refractivity contribution in [3.05, 3.63) is 62.2 Å². The van der Waals surface area contributed by atoms with E-state index in [0.717, 1.165) is 6.07 Å². The lowest BCUT2D eigenvalue weighted by Gasteiger charge is -2.14. The van der Waals surface area contributed by atoms with E-state index in [1.807, 2.05) is 13.8 Å². The number of benzene rings is 2. The van der Waals surface area contributed by atoms with Gasteiger partial charge in [-0.15, -0.1) is 0 Å². The molecule has 10 nitrogen and oxygen atoms in total. The first-order chi connectivity index (χ1) is 13.9. The van der Waals surface area contributed by atoms with Crippen LogP contribution in [0.3, 0.4) is 0 Å². The van der Waals surface area contributed by atoms with E-state index in [2.05, 4.69) is 5.32 Å². The Morgan fingerprint density at radius 2 is 1.59 bits per heavy atom. The number of hydrogen-bond acceptors (Lipinski definition) is 7. The maximum Gasteiger partial charge on any atom is 0.296 e. The van der Waals surface area contributed by atoms with Crippen LogP contribution in [0.15, 0.2) is 36.4 Å². The molecule has 0 unspecified atom stereocenters. The summed E-state index contributed by atoms with van der Waals surface area (Å²) < 4.78 is 11.2. The lowest BCUT2D eigenvalue weighted by atomic mass is 10.1. The standard InChI is InChI=1S/C19H21N3O7/c1-3-8-28-17-11-15(16(22(26)27)12-18(17)29-9-4-2)20-19(23)13-6-5-7-14(10-13)21(24)25/h5-7,10-12H,3-4,8-9H2,1-2H3,(H,20,23). The van der Waals surface area contributed by atoms with Crippen molar-refractivity contribution in [2.24, 2.45) is 0 Å². The number of carbonyl (C=O) groups excluding carboxylic acids is 1. The minimum atomic E-state index is -0.722. The van der Waals surface area contributed by atoms with Crippen LogP contribution in [-0.4, -0.2) is 29.0 Å². The van der Waals surface area contributed by atoms with Crippen molar-refractivity contribution in [2.75, 3.05) is 18.5 Å². The van der Waals surface area contributed by atoms with Crippen LogP contribution in [0.5, 0.6) is 11.5 Å². The van der Waals surface area contributed by atoms with Gasteiger partial charge < -0.3 is 14.8 Å². The van der Waals surface area contributed by atoms with Gasteiger partial charge in [0.25, 0.3) is 17.3 Å². The van der Waals surface area contributed by atoms with Gasteiger partial charge in [0.1, 0.15) is 5.69 Å². The molecule has 0 aliphatic carbocycles. The summed E-state index contributed by atoms with van der Waals surface area (Å²) in [5.74, 6) is -0.249. The fourth-order valence-electron chi connectivity index (χ4n) is 2.41. The van der Waals surface area contributed by atoms with E-state index < -0.39 is 15.8 Å². The third-order valence-electron chi connectivity index (χ3n) is 3.75. The Hall–Kier alpha value is -3.69. The minimum Gasteiger partial charge on any atom is -0.490 e. The number of rotatable bonds is 10. The number of non-ortho nitro benzene ring substituents is 1. The minimum absolute atomic E-state index is 0.00386. The maximum atomic E-state index is 12.5. The van der Waals surface area contributed by atoms with Gasteiger partial charge in [-0.2, -0.15) is 0 Å². The summed E-state index contributed by atoms with van der Waals surface area (Å²) in [7, 11) is 0. The first kappa shape index (κ1) is 21.6. The predicted molar refractivity (Wildman–Crippen MR) is 106 cm³/mol. The molecule has 0 heterocycles. The van der Waals surface area contributed by atoms with Crippen LogP contribution in [0.4, 0.5) is 17.1 Å². The van der Waals surface area contributed by atoms with Gasteiger partial charge in [-0.05, 0) is 18.9 Å². The van der Waals surface area contributed by atoms with Crippen LogP contribution in [0.25, 0.3) is 0 Å². The van der Waals surface area contributed by atoms with Crippen LogP contribution in [-0.2, 0) is 0 Å². The van der Waals surface area contributed by atoms with Crippen molar-refractivity contribution < 1.29 is 24.1 Å². The molecular formula is C19H21N3O7. The number of hydrogen-bond donors (Lipinski definition) is 1. The Morgan fingerprint density at radius 1 is 0.966 bits per heavy atom. The zero-order valence-corrected chi connectivity index (χ0v) is 16.0. The monoisotopic (exact) mass is 403 g/mol. The van der Waals surface area contributed by atoms with Gasteiger partial charge in [-0.1, -0.05) is 19.9 Å². The third kappa shape index (κ3) is 5.64. The van der Waals surface area contributed by atoms with Crippen molar-refractivity contribution in [1.82, 2.24) is 0 Å². The van der Waals surface area contributed by atoms with Crippen LogP contribution in [0, 0.1) is 20.2 Å². The molecule has 0 spiro atoms. The first-order valence-electron chi connectivity index (χ1n) is 9.01. The van der Waals surface area contributed by atoms with E-state index in [4.69, 9.17) is 9.47 Å². The summed E-state index contributed by atoms with van der Waals surface area (Å²) in [6.45, 7) is 4.51. The molecule has 0 aromatic heterocycles. The molecule has 0 atom stereocenters. The van der Waals surface area contributed by atoms with Crippen LogP contribution >= 0.6 is 0 Å². The molecule has 0 aliphatic heterocycles. The molecule has 0 aliphatic rings. The highest BCUT2D eigenvalue weighted by atomic mass is 16.6. The van der Waals surface area contributed by atoms with Crippen molar-refractivity contribution >= 4 is 23.0 Å². The fraction of sp³-hybridized carbons (Fsp3) is 0.316. The summed E-state index contributed by atoms with van der Waals surface area (Å²) in [6.07, 6.45) is 1.41. The van der Waals surface area contributed by atoms with Crippen molar-refractivity contribution in [1.29, 1.82) is 0 Å². The number of amides is 1. The Morgan fingerprint density at radius 3 is 2.14 bits per heavy atom. The Labute approximate surface area is 166 Å². The molecule has 2 aromatic rings. The normalized spacial score (nSPS) is 10.3. The van der Waals surface area contributed by atoms with E-state index >= 15 is 0 Å². The number of carbonyl (C=O) groups is 1. The second-order valence-electron chi connectivity index (χ2n) is 6.03. The van der Waals surface area contributed by atoms with Crippen molar-refractivity contribution in [3.8, 4) is 11.5 Å². The highest BCUT2D eigenvalue weighted by Gasteiger charge is 2.23. The molecule has 0 radical (unpaired) electrons. The van der Waals surface area contributed by atoms with Gasteiger partial charge in [-0.25, -0.2) is 0 Å². The zero-order chi connectivity index (χ0) is 21.4. The molecule has 1 amide bonds. The molecule has 0 saturated carbocycles. The van der Waals surface area contributed by atoms with E-state index in [9.17, 15) is 25.0 Å². The topological polar surface area (TPSA) is 134 Å². The quantitative estimate of drug-likeness (QED) is 0.461. The Kier molecular flexibility index (Phi) is 7.47. The van der Waals surface area contributed by atoms with Gasteiger partial charge in [0, 0.05) is 23.8 Å². The summed E-state index contributed by atoms with van der Waals surface area (Å²) >= 11 is 0. The molecule has 10 heteroatoms. The molecule has 2 rings (SSSR count). The molecule has 0 saturated heterocycles. The van der Waals surface area contributed by atoms with Gasteiger partial charge in [-0.3, -0.25) is 25.0 Å². The summed E-state index contributed by atoms with van der Waals surface area (Å²) in [5.41, 5.74) is -0.738. The SMILES string of the molecule is CCCOc1cc(NC(=O)c2cccc([N+](=O)[O-])c2)c([N+](=O)[O-])cc1OCCC. The number of anilines is 1. The van der Waals surface area contributed by atoms with Gasteiger partial charge in [0.2, 0.25) is 0 Å². The van der Waals surface area contributed by atoms with Gasteiger partial charge >= 0.3 is 0 Å². The molecular weight excluding hydrogens is 382 g/mol. The second kappa shape index (κ2) is 10.0. The van der Waals surface area contributed by atoms with Crippen LogP contribution < -0.4 is 14.8 Å². The number of nitrogens with zero attached hydrogens (tertiary/aromatic N) is 2. The van der Waals surface area contributed by atoms with E-state index in [0.29, 0.717) is 26.1 Å². The summed E-state index contributed by atoms with van der Waals surface area (Å²) in [6, 6.07) is 7.60. The lowest BCUT2D eigenvalue weighted by molar-refractivity contribution is -0.384. The number of nitro benzene ring substituents is 2. The Bertz CT molecular complexity index is 915. The zero-order valence-electron chi connectivity index (χ0n) is 16.0. The average molecular weight is 403 g/mol. The lowest BCUT2D eigenvalue weighted by Crippen LogP contribution is -2.14. The van der Waals surface area contributed by atoms with E-state index in [-0.39, 0.29) is 34.1 Å². The largest absolute Gasteiger partial charge is 0.490 e. The Balaban J connectivity index is 2.41. The maximum absolute atomic E-state index is 12.5. The number of ether oxygens (including phenoxy) is 2. The molecule has 1 N–H and O–H groups in total. The third-order valence-corrected chi connectivity index (χ3v) is 3.75. The highest BCUT2D eigenvalue weighted by molar-refractivity contribution is 6.06. The fourth-order valence-corrected chi connectivity index (χ4v) is 2.41. The van der Waals surface area contributed by atoms with E-state index in [1.165, 1.54) is 30.3 Å². The number of nitrogens with one attached hydrogen (secondary N) is 1. The average Bonchev–Trinajstić information content (AvgIpc) is 2.71. The number of nitro groups is 2. The van der Waals surface area contributed by atoms with Gasteiger partial charge in [0.05, 0.1) is 29.1 Å². The van der Waals surface area contributed by atoms with Crippen LogP contribution in [0.1, 0.15) is 37.0 Å². The van der Waals surface area contributed by atoms with Crippen molar-refractivity contribution in [2.45, 2.75) is 26.7 Å². The van der Waals surface area contributed by atoms with Crippen molar-refractivity contribution in [3.63, 3.8) is 0 Å². The smallest absolute Gasteiger partial charge is 0.296 e. The first-order valence-corrected chi connectivity index (χ1v) is 9.01. The molecule has 0 bridgehead atoms.